The molecular formula is C23H25BrNO3P. The quantitative estimate of drug-likeness (QED) is 0.330. The molecule has 0 aliphatic carbocycles. The summed E-state index contributed by atoms with van der Waals surface area (Å²) in [5, 5.41) is 5.61. The lowest BCUT2D eigenvalue weighted by molar-refractivity contribution is 0.217. The van der Waals surface area contributed by atoms with Crippen molar-refractivity contribution >= 4 is 46.1 Å². The molecule has 0 fully saturated rings. The summed E-state index contributed by atoms with van der Waals surface area (Å²) in [5.74, 6) is -0.623. The van der Waals surface area contributed by atoms with Gasteiger partial charge in [-0.25, -0.2) is 0 Å². The minimum atomic E-state index is -3.41. The summed E-state index contributed by atoms with van der Waals surface area (Å²) in [6.45, 7) is 4.24. The highest BCUT2D eigenvalue weighted by atomic mass is 79.9. The highest BCUT2D eigenvalue weighted by molar-refractivity contribution is 9.10. The molecule has 1 atom stereocenters. The molecule has 29 heavy (non-hydrogen) atoms. The Labute approximate surface area is 180 Å². The molecule has 0 aliphatic heterocycles. The van der Waals surface area contributed by atoms with Crippen LogP contribution in [0.3, 0.4) is 0 Å². The molecule has 3 aromatic rings. The number of halogens is 1. The van der Waals surface area contributed by atoms with Crippen LogP contribution in [0.1, 0.15) is 19.4 Å². The lowest BCUT2D eigenvalue weighted by Crippen LogP contribution is -2.20. The van der Waals surface area contributed by atoms with Crippen LogP contribution in [-0.2, 0) is 13.6 Å². The van der Waals surface area contributed by atoms with Crippen molar-refractivity contribution in [1.29, 1.82) is 0 Å². The Morgan fingerprint density at radius 3 is 2.31 bits per heavy atom. The highest BCUT2D eigenvalue weighted by Gasteiger charge is 2.33. The van der Waals surface area contributed by atoms with Crippen molar-refractivity contribution in [3.63, 3.8) is 0 Å². The Hall–Kier alpha value is -1.91. The maximum Gasteiger partial charge on any atom is 0.356 e. The topological polar surface area (TPSA) is 47.6 Å². The van der Waals surface area contributed by atoms with Crippen molar-refractivity contribution in [2.75, 3.05) is 18.5 Å². The fourth-order valence-electron chi connectivity index (χ4n) is 3.10. The first-order chi connectivity index (χ1) is 14.1. The van der Waals surface area contributed by atoms with Crippen molar-refractivity contribution in [3.05, 3.63) is 82.8 Å². The molecule has 6 heteroatoms. The molecule has 1 N–H and O–H groups in total. The number of rotatable bonds is 9. The van der Waals surface area contributed by atoms with E-state index in [0.717, 1.165) is 26.5 Å². The van der Waals surface area contributed by atoms with Crippen LogP contribution in [0, 0.1) is 0 Å². The molecule has 0 radical (unpaired) electrons. The Balaban J connectivity index is 1.98. The summed E-state index contributed by atoms with van der Waals surface area (Å²) in [5.41, 5.74) is 1.88. The highest BCUT2D eigenvalue weighted by Crippen LogP contribution is 2.53. The van der Waals surface area contributed by atoms with E-state index in [-0.39, 0.29) is 0 Å². The van der Waals surface area contributed by atoms with Gasteiger partial charge in [0.15, 0.2) is 0 Å². The van der Waals surface area contributed by atoms with Gasteiger partial charge in [-0.15, -0.1) is 0 Å². The summed E-state index contributed by atoms with van der Waals surface area (Å²) in [7, 11) is -3.41. The van der Waals surface area contributed by atoms with Crippen LogP contribution >= 0.6 is 23.5 Å². The maximum absolute atomic E-state index is 13.5. The molecule has 0 aliphatic rings. The second-order valence-electron chi connectivity index (χ2n) is 6.40. The van der Waals surface area contributed by atoms with Gasteiger partial charge in [-0.2, -0.15) is 0 Å². The Morgan fingerprint density at radius 2 is 1.62 bits per heavy atom. The largest absolute Gasteiger partial charge is 0.368 e. The Bertz CT molecular complexity index is 1000. The van der Waals surface area contributed by atoms with Gasteiger partial charge in [-0.1, -0.05) is 64.5 Å². The molecule has 0 heterocycles. The average Bonchev–Trinajstić information content (AvgIpc) is 2.73. The van der Waals surface area contributed by atoms with E-state index in [1.807, 2.05) is 74.5 Å². The molecule has 3 aromatic carbocycles. The molecule has 0 saturated heterocycles. The van der Waals surface area contributed by atoms with E-state index in [2.05, 4.69) is 39.4 Å². The van der Waals surface area contributed by atoms with Crippen molar-refractivity contribution in [1.82, 2.24) is 0 Å². The first kappa shape index (κ1) is 21.8. The first-order valence-corrected chi connectivity index (χ1v) is 12.0. The van der Waals surface area contributed by atoms with Gasteiger partial charge in [0, 0.05) is 10.2 Å². The van der Waals surface area contributed by atoms with Crippen LogP contribution < -0.4 is 5.32 Å². The molecule has 152 valence electrons. The fraction of sp³-hybridized carbons (Fsp3) is 0.217. The number of nitrogens with one attached hydrogen (secondary N) is 1. The third-order valence-corrected chi connectivity index (χ3v) is 7.15. The van der Waals surface area contributed by atoms with E-state index in [0.29, 0.717) is 13.2 Å². The zero-order valence-corrected chi connectivity index (χ0v) is 19.0. The predicted molar refractivity (Wildman–Crippen MR) is 125 cm³/mol. The molecule has 1 unspecified atom stereocenters. The van der Waals surface area contributed by atoms with Gasteiger partial charge in [0.05, 0.1) is 13.2 Å². The molecule has 4 nitrogen and oxygen atoms in total. The normalized spacial score (nSPS) is 13.1. The number of hydrogen-bond donors (Lipinski definition) is 1. The van der Waals surface area contributed by atoms with E-state index in [1.54, 1.807) is 0 Å². The average molecular weight is 474 g/mol. The van der Waals surface area contributed by atoms with Gasteiger partial charge < -0.3 is 14.4 Å². The van der Waals surface area contributed by atoms with Crippen molar-refractivity contribution in [2.45, 2.75) is 19.6 Å². The van der Waals surface area contributed by atoms with E-state index in [4.69, 9.17) is 9.05 Å². The molecule has 0 amide bonds. The molecule has 0 aromatic heterocycles. The van der Waals surface area contributed by atoms with Gasteiger partial charge in [0.2, 0.25) is 0 Å². The van der Waals surface area contributed by atoms with Crippen LogP contribution in [0.5, 0.6) is 0 Å². The maximum atomic E-state index is 13.5. The lowest BCUT2D eigenvalue weighted by atomic mass is 10.0. The van der Waals surface area contributed by atoms with E-state index in [1.165, 1.54) is 0 Å². The van der Waals surface area contributed by atoms with Crippen molar-refractivity contribution in [3.8, 4) is 0 Å². The van der Waals surface area contributed by atoms with Gasteiger partial charge in [0.1, 0.15) is 5.78 Å². The Kier molecular flexibility index (Phi) is 7.68. The number of anilines is 1. The summed E-state index contributed by atoms with van der Waals surface area (Å²) in [6, 6.07) is 22.0. The zero-order chi connectivity index (χ0) is 20.7. The molecule has 0 spiro atoms. The smallest absolute Gasteiger partial charge is 0.356 e. The van der Waals surface area contributed by atoms with E-state index < -0.39 is 13.4 Å². The molecule has 3 rings (SSSR count). The monoisotopic (exact) mass is 473 g/mol. The zero-order valence-electron chi connectivity index (χ0n) is 16.5. The van der Waals surface area contributed by atoms with Gasteiger partial charge in [-0.3, -0.25) is 4.57 Å². The van der Waals surface area contributed by atoms with Crippen LogP contribution in [0.2, 0.25) is 0 Å². The van der Waals surface area contributed by atoms with Crippen LogP contribution in [0.4, 0.5) is 5.69 Å². The standard InChI is InChI=1S/C23H25BrNO3P/c1-3-27-29(26,28-4-2)23(25-21-15-13-20(24)14-16-21)17-12-19-10-7-9-18-8-5-6-11-22(18)19/h5-17,23,25H,3-4H2,1-2H3/b17-12+. The minimum Gasteiger partial charge on any atom is -0.368 e. The van der Waals surface area contributed by atoms with E-state index >= 15 is 0 Å². The van der Waals surface area contributed by atoms with Crippen LogP contribution in [-0.4, -0.2) is 19.0 Å². The first-order valence-electron chi connectivity index (χ1n) is 9.62. The summed E-state index contributed by atoms with van der Waals surface area (Å²) in [4.78, 5) is 0. The summed E-state index contributed by atoms with van der Waals surface area (Å²) < 4.78 is 25.7. The van der Waals surface area contributed by atoms with Gasteiger partial charge in [0.25, 0.3) is 0 Å². The lowest BCUT2D eigenvalue weighted by Gasteiger charge is -2.25. The third-order valence-electron chi connectivity index (χ3n) is 4.40. The summed E-state index contributed by atoms with van der Waals surface area (Å²) >= 11 is 3.44. The van der Waals surface area contributed by atoms with Gasteiger partial charge >= 0.3 is 7.60 Å². The van der Waals surface area contributed by atoms with Crippen LogP contribution in [0.15, 0.2) is 77.3 Å². The molecular weight excluding hydrogens is 449 g/mol. The van der Waals surface area contributed by atoms with E-state index in [9.17, 15) is 4.57 Å². The molecule has 0 bridgehead atoms. The minimum absolute atomic E-state index is 0.303. The predicted octanol–water partition coefficient (Wildman–Crippen LogP) is 7.32. The number of benzene rings is 3. The fourth-order valence-corrected chi connectivity index (χ4v) is 5.08. The van der Waals surface area contributed by atoms with Crippen LogP contribution in [0.25, 0.3) is 16.8 Å². The van der Waals surface area contributed by atoms with Gasteiger partial charge in [-0.05, 0) is 60.5 Å². The molecule has 0 saturated carbocycles. The third kappa shape index (κ3) is 5.58. The second kappa shape index (κ2) is 10.2. The van der Waals surface area contributed by atoms with Crippen molar-refractivity contribution < 1.29 is 13.6 Å². The number of fused-ring (bicyclic) bond motifs is 1. The number of hydrogen-bond acceptors (Lipinski definition) is 4. The van der Waals surface area contributed by atoms with Crippen molar-refractivity contribution in [2.24, 2.45) is 0 Å². The Morgan fingerprint density at radius 1 is 0.966 bits per heavy atom. The SMILES string of the molecule is CCOP(=O)(OCC)C(/C=C/c1cccc2ccccc12)Nc1ccc(Br)cc1. The summed E-state index contributed by atoms with van der Waals surface area (Å²) in [6.07, 6.45) is 3.85. The second-order valence-corrected chi connectivity index (χ2v) is 9.47.